The first kappa shape index (κ1) is 16.5. The largest absolute Gasteiger partial charge is 0.378 e. The standard InChI is InChI=1S/C19H22FN3O/c1-14-5-3-4-6-18(14)22-21-15(2)16-7-8-19(17(20)13-16)23-9-11-24-12-10-23/h3-8,13,22H,9-12H2,1-2H3/b21-15-. The van der Waals surface area contributed by atoms with Gasteiger partial charge in [-0.25, -0.2) is 4.39 Å². The van der Waals surface area contributed by atoms with Crippen molar-refractivity contribution in [2.75, 3.05) is 36.6 Å². The van der Waals surface area contributed by atoms with Crippen molar-refractivity contribution in [3.8, 4) is 0 Å². The molecule has 0 saturated carbocycles. The van der Waals surface area contributed by atoms with Gasteiger partial charge < -0.3 is 9.64 Å². The molecule has 2 aromatic rings. The number of hydrazone groups is 1. The average Bonchev–Trinajstić information content (AvgIpc) is 2.61. The lowest BCUT2D eigenvalue weighted by molar-refractivity contribution is 0.122. The molecule has 0 spiro atoms. The molecule has 1 saturated heterocycles. The number of rotatable bonds is 4. The molecule has 1 fully saturated rings. The van der Waals surface area contributed by atoms with Crippen molar-refractivity contribution in [1.82, 2.24) is 0 Å². The highest BCUT2D eigenvalue weighted by atomic mass is 19.1. The summed E-state index contributed by atoms with van der Waals surface area (Å²) < 4.78 is 19.8. The van der Waals surface area contributed by atoms with Crippen LogP contribution in [0.25, 0.3) is 0 Å². The van der Waals surface area contributed by atoms with Crippen molar-refractivity contribution in [3.63, 3.8) is 0 Å². The molecular weight excluding hydrogens is 305 g/mol. The second-order valence-corrected chi connectivity index (χ2v) is 5.89. The number of para-hydroxylation sites is 1. The van der Waals surface area contributed by atoms with Gasteiger partial charge in [0.25, 0.3) is 0 Å². The smallest absolute Gasteiger partial charge is 0.147 e. The normalized spacial score (nSPS) is 15.5. The summed E-state index contributed by atoms with van der Waals surface area (Å²) >= 11 is 0. The van der Waals surface area contributed by atoms with Crippen LogP contribution in [0.1, 0.15) is 18.1 Å². The van der Waals surface area contributed by atoms with Gasteiger partial charge >= 0.3 is 0 Å². The van der Waals surface area contributed by atoms with Gasteiger partial charge in [-0.3, -0.25) is 5.43 Å². The number of anilines is 2. The Balaban J connectivity index is 1.75. The maximum absolute atomic E-state index is 14.5. The van der Waals surface area contributed by atoms with E-state index in [0.717, 1.165) is 35.6 Å². The van der Waals surface area contributed by atoms with Crippen LogP contribution in [0.2, 0.25) is 0 Å². The molecule has 0 bridgehead atoms. The Bertz CT molecular complexity index is 739. The number of halogens is 1. The molecule has 3 rings (SSSR count). The summed E-state index contributed by atoms with van der Waals surface area (Å²) in [5, 5.41) is 4.38. The molecule has 126 valence electrons. The van der Waals surface area contributed by atoms with Crippen molar-refractivity contribution in [2.24, 2.45) is 5.10 Å². The fourth-order valence-corrected chi connectivity index (χ4v) is 2.70. The van der Waals surface area contributed by atoms with E-state index in [9.17, 15) is 4.39 Å². The van der Waals surface area contributed by atoms with Crippen molar-refractivity contribution < 1.29 is 9.13 Å². The van der Waals surface area contributed by atoms with Crippen LogP contribution < -0.4 is 10.3 Å². The third-order valence-corrected chi connectivity index (χ3v) is 4.21. The molecular formula is C19H22FN3O. The summed E-state index contributed by atoms with van der Waals surface area (Å²) in [5.41, 5.74) is 7.24. The van der Waals surface area contributed by atoms with E-state index < -0.39 is 0 Å². The van der Waals surface area contributed by atoms with Crippen LogP contribution in [0.4, 0.5) is 15.8 Å². The minimum absolute atomic E-state index is 0.222. The number of nitrogens with one attached hydrogen (secondary N) is 1. The zero-order chi connectivity index (χ0) is 16.9. The van der Waals surface area contributed by atoms with E-state index in [2.05, 4.69) is 10.5 Å². The maximum atomic E-state index is 14.5. The molecule has 0 atom stereocenters. The zero-order valence-electron chi connectivity index (χ0n) is 14.1. The molecule has 1 heterocycles. The Morgan fingerprint density at radius 1 is 1.17 bits per heavy atom. The average molecular weight is 327 g/mol. The van der Waals surface area contributed by atoms with Gasteiger partial charge in [0.15, 0.2) is 0 Å². The molecule has 2 aromatic carbocycles. The third kappa shape index (κ3) is 3.74. The summed E-state index contributed by atoms with van der Waals surface area (Å²) in [5.74, 6) is -0.222. The molecule has 0 aliphatic carbocycles. The second-order valence-electron chi connectivity index (χ2n) is 5.89. The molecule has 0 aromatic heterocycles. The first-order valence-electron chi connectivity index (χ1n) is 8.13. The quantitative estimate of drug-likeness (QED) is 0.685. The molecule has 0 radical (unpaired) electrons. The van der Waals surface area contributed by atoms with Crippen molar-refractivity contribution in [1.29, 1.82) is 0 Å². The highest BCUT2D eigenvalue weighted by molar-refractivity contribution is 5.99. The summed E-state index contributed by atoms with van der Waals surface area (Å²) in [4.78, 5) is 2.01. The lowest BCUT2D eigenvalue weighted by Crippen LogP contribution is -2.36. The Kier molecular flexibility index (Phi) is 5.11. The second kappa shape index (κ2) is 7.45. The maximum Gasteiger partial charge on any atom is 0.147 e. The van der Waals surface area contributed by atoms with Gasteiger partial charge in [-0.15, -0.1) is 0 Å². The predicted octanol–water partition coefficient (Wildman–Crippen LogP) is 3.81. The highest BCUT2D eigenvalue weighted by Gasteiger charge is 2.15. The summed E-state index contributed by atoms with van der Waals surface area (Å²) in [6, 6.07) is 13.2. The van der Waals surface area contributed by atoms with E-state index in [1.165, 1.54) is 0 Å². The first-order chi connectivity index (χ1) is 11.6. The molecule has 4 nitrogen and oxygen atoms in total. The highest BCUT2D eigenvalue weighted by Crippen LogP contribution is 2.22. The van der Waals surface area contributed by atoms with Crippen LogP contribution in [0, 0.1) is 12.7 Å². The number of morpholine rings is 1. The number of hydrogen-bond donors (Lipinski definition) is 1. The molecule has 1 aliphatic heterocycles. The Hall–Kier alpha value is -2.40. The fraction of sp³-hybridized carbons (Fsp3) is 0.316. The number of benzene rings is 2. The number of hydrogen-bond acceptors (Lipinski definition) is 4. The summed E-state index contributed by atoms with van der Waals surface area (Å²) in [6.07, 6.45) is 0. The van der Waals surface area contributed by atoms with Gasteiger partial charge in [-0.2, -0.15) is 5.10 Å². The molecule has 0 amide bonds. The van der Waals surface area contributed by atoms with E-state index in [1.54, 1.807) is 6.07 Å². The molecule has 24 heavy (non-hydrogen) atoms. The fourth-order valence-electron chi connectivity index (χ4n) is 2.70. The molecule has 5 heteroatoms. The van der Waals surface area contributed by atoms with Gasteiger partial charge in [0.05, 0.1) is 30.3 Å². The third-order valence-electron chi connectivity index (χ3n) is 4.21. The monoisotopic (exact) mass is 327 g/mol. The van der Waals surface area contributed by atoms with E-state index in [0.29, 0.717) is 18.9 Å². The van der Waals surface area contributed by atoms with Crippen LogP contribution in [0.15, 0.2) is 47.6 Å². The van der Waals surface area contributed by atoms with E-state index in [4.69, 9.17) is 4.74 Å². The first-order valence-corrected chi connectivity index (χ1v) is 8.13. The van der Waals surface area contributed by atoms with Crippen LogP contribution in [-0.2, 0) is 4.74 Å². The van der Waals surface area contributed by atoms with Crippen molar-refractivity contribution in [3.05, 3.63) is 59.4 Å². The molecule has 1 N–H and O–H groups in total. The van der Waals surface area contributed by atoms with Crippen LogP contribution >= 0.6 is 0 Å². The summed E-state index contributed by atoms with van der Waals surface area (Å²) in [7, 11) is 0. The zero-order valence-corrected chi connectivity index (χ0v) is 14.1. The molecule has 1 aliphatic rings. The van der Waals surface area contributed by atoms with Crippen LogP contribution in [-0.4, -0.2) is 32.0 Å². The van der Waals surface area contributed by atoms with Gasteiger partial charge in [-0.05, 0) is 37.6 Å². The van der Waals surface area contributed by atoms with E-state index in [-0.39, 0.29) is 5.82 Å². The van der Waals surface area contributed by atoms with E-state index in [1.807, 2.05) is 55.1 Å². The van der Waals surface area contributed by atoms with Gasteiger partial charge in [-0.1, -0.05) is 24.3 Å². The molecule has 0 unspecified atom stereocenters. The van der Waals surface area contributed by atoms with Crippen LogP contribution in [0.3, 0.4) is 0 Å². The van der Waals surface area contributed by atoms with Crippen LogP contribution in [0.5, 0.6) is 0 Å². The van der Waals surface area contributed by atoms with Crippen molar-refractivity contribution in [2.45, 2.75) is 13.8 Å². The van der Waals surface area contributed by atoms with Gasteiger partial charge in [0.2, 0.25) is 0 Å². The Morgan fingerprint density at radius 2 is 1.92 bits per heavy atom. The number of ether oxygens (including phenoxy) is 1. The van der Waals surface area contributed by atoms with E-state index >= 15 is 0 Å². The lowest BCUT2D eigenvalue weighted by Gasteiger charge is -2.29. The topological polar surface area (TPSA) is 36.9 Å². The number of nitrogens with zero attached hydrogens (tertiary/aromatic N) is 2. The predicted molar refractivity (Wildman–Crippen MR) is 96.4 cm³/mol. The minimum atomic E-state index is -0.222. The van der Waals surface area contributed by atoms with Gasteiger partial charge in [0.1, 0.15) is 5.82 Å². The Morgan fingerprint density at radius 3 is 2.62 bits per heavy atom. The summed E-state index contributed by atoms with van der Waals surface area (Å²) in [6.45, 7) is 6.61. The number of aryl methyl sites for hydroxylation is 1. The van der Waals surface area contributed by atoms with Crippen molar-refractivity contribution >= 4 is 17.1 Å². The van der Waals surface area contributed by atoms with Gasteiger partial charge in [0, 0.05) is 18.7 Å². The SMILES string of the molecule is C/C(=N/Nc1ccccc1C)c1ccc(N2CCOCC2)c(F)c1. The minimum Gasteiger partial charge on any atom is -0.378 e. The lowest BCUT2D eigenvalue weighted by atomic mass is 10.1. The Labute approximate surface area is 141 Å².